The number of quaternary nitrogens is 1. The van der Waals surface area contributed by atoms with E-state index in [9.17, 15) is 14.3 Å². The molecule has 1 N–H and O–H groups in total. The molecular weight excluding hydrogens is 794 g/mol. The first-order valence-electron chi connectivity index (χ1n) is 24.5. The second-order valence-corrected chi connectivity index (χ2v) is 18.6. The molecule has 0 spiro atoms. The van der Waals surface area contributed by atoms with Crippen LogP contribution >= 0.6 is 7.82 Å². The maximum atomic E-state index is 12.7. The second kappa shape index (κ2) is 45.0. The molecular formula is C53H93NO7P+. The van der Waals surface area contributed by atoms with Crippen LogP contribution in [0.3, 0.4) is 0 Å². The van der Waals surface area contributed by atoms with Crippen LogP contribution in [0.25, 0.3) is 0 Å². The maximum absolute atomic E-state index is 12.7. The van der Waals surface area contributed by atoms with Crippen LogP contribution in [0.5, 0.6) is 0 Å². The lowest BCUT2D eigenvalue weighted by Crippen LogP contribution is -2.37. The molecule has 2 unspecified atom stereocenters. The molecule has 0 heterocycles. The van der Waals surface area contributed by atoms with Gasteiger partial charge in [-0.3, -0.25) is 13.8 Å². The van der Waals surface area contributed by atoms with E-state index in [4.69, 9.17) is 18.5 Å². The van der Waals surface area contributed by atoms with E-state index in [2.05, 4.69) is 111 Å². The van der Waals surface area contributed by atoms with Crippen molar-refractivity contribution in [3.63, 3.8) is 0 Å². The lowest BCUT2D eigenvalue weighted by atomic mass is 10.1. The van der Waals surface area contributed by atoms with Crippen molar-refractivity contribution in [2.75, 3.05) is 54.1 Å². The van der Waals surface area contributed by atoms with Crippen LogP contribution in [0.1, 0.15) is 174 Å². The fourth-order valence-corrected chi connectivity index (χ4v) is 6.86. The van der Waals surface area contributed by atoms with Crippen LogP contribution in [-0.4, -0.2) is 75.6 Å². The first-order valence-corrected chi connectivity index (χ1v) is 26.0. The number of carbonyl (C=O) groups excluding carboxylic acids is 1. The predicted octanol–water partition coefficient (Wildman–Crippen LogP) is 15.0. The molecule has 0 saturated heterocycles. The van der Waals surface area contributed by atoms with E-state index in [0.29, 0.717) is 24.1 Å². The molecule has 0 aliphatic carbocycles. The van der Waals surface area contributed by atoms with E-state index in [0.717, 1.165) is 70.6 Å². The van der Waals surface area contributed by atoms with Gasteiger partial charge in [-0.15, -0.1) is 0 Å². The Morgan fingerprint density at radius 1 is 0.516 bits per heavy atom. The summed E-state index contributed by atoms with van der Waals surface area (Å²) in [5.74, 6) is -0.361. The van der Waals surface area contributed by atoms with Crippen LogP contribution in [0, 0.1) is 0 Å². The van der Waals surface area contributed by atoms with Crippen molar-refractivity contribution < 1.29 is 37.3 Å². The van der Waals surface area contributed by atoms with Crippen molar-refractivity contribution >= 4 is 13.8 Å². The van der Waals surface area contributed by atoms with Crippen LogP contribution in [0.15, 0.2) is 97.2 Å². The zero-order valence-electron chi connectivity index (χ0n) is 40.3. The Balaban J connectivity index is 4.31. The van der Waals surface area contributed by atoms with Gasteiger partial charge in [-0.25, -0.2) is 4.57 Å². The maximum Gasteiger partial charge on any atom is 0.472 e. The first kappa shape index (κ1) is 59.4. The monoisotopic (exact) mass is 887 g/mol. The predicted molar refractivity (Wildman–Crippen MR) is 265 cm³/mol. The fraction of sp³-hybridized carbons (Fsp3) is 0.679. The van der Waals surface area contributed by atoms with Crippen molar-refractivity contribution in [2.24, 2.45) is 0 Å². The van der Waals surface area contributed by atoms with E-state index in [1.165, 1.54) is 77.0 Å². The molecule has 0 rings (SSSR count). The molecule has 62 heavy (non-hydrogen) atoms. The third-order valence-corrected chi connectivity index (χ3v) is 10.9. The minimum absolute atomic E-state index is 0.0732. The van der Waals surface area contributed by atoms with Crippen molar-refractivity contribution in [3.05, 3.63) is 97.2 Å². The summed E-state index contributed by atoms with van der Waals surface area (Å²) in [6.07, 6.45) is 61.6. The summed E-state index contributed by atoms with van der Waals surface area (Å²) in [4.78, 5) is 23.0. The zero-order valence-corrected chi connectivity index (χ0v) is 41.2. The van der Waals surface area contributed by atoms with Gasteiger partial charge in [-0.2, -0.15) is 0 Å². The quantitative estimate of drug-likeness (QED) is 0.0214. The molecule has 0 fully saturated rings. The number of hydrogen-bond acceptors (Lipinski definition) is 6. The average molecular weight is 887 g/mol. The van der Waals surface area contributed by atoms with E-state index < -0.39 is 13.9 Å². The van der Waals surface area contributed by atoms with Gasteiger partial charge in [0.25, 0.3) is 0 Å². The van der Waals surface area contributed by atoms with Crippen molar-refractivity contribution in [2.45, 2.75) is 180 Å². The molecule has 356 valence electrons. The van der Waals surface area contributed by atoms with Crippen molar-refractivity contribution in [1.82, 2.24) is 0 Å². The molecule has 0 aliphatic heterocycles. The SMILES string of the molecule is CC/C=C\C/C=C\C/C=C\C/C=C\C/C=C\C/C=C\CCCCC(=O)OC(COCCCCCCCCCC/C=C\C/C=C\CCCCCC)COP(=O)(O)OCC[N+](C)(C)C. The molecule has 9 heteroatoms. The average Bonchev–Trinajstić information content (AvgIpc) is 3.23. The standard InChI is InChI=1S/C53H92NO7P/c1-6-8-10-12-14-16-18-20-22-24-26-27-28-30-32-34-36-38-40-42-44-46-53(55)61-52(51-60-62(56,57)59-49-47-54(3,4)5)50-58-48-45-43-41-39-37-35-33-31-29-25-23-21-19-17-15-13-11-9-7-2/h8,10,14,16-17,19-20,22-23,25-27,30,32,36,38,52H,6-7,9,11-13,15,18,21,24,28-29,31,33-35,37,39-51H2,1-5H3/p+1/b10-8-,16-14-,19-17-,22-20-,25-23-,27-26-,32-30-,38-36-. The van der Waals surface area contributed by atoms with Crippen molar-refractivity contribution in [1.29, 1.82) is 0 Å². The smallest absolute Gasteiger partial charge is 0.457 e. The second-order valence-electron chi connectivity index (χ2n) is 17.1. The highest BCUT2D eigenvalue weighted by molar-refractivity contribution is 7.47. The Kier molecular flexibility index (Phi) is 43.1. The van der Waals surface area contributed by atoms with Crippen LogP contribution in [0.2, 0.25) is 0 Å². The molecule has 0 aromatic carbocycles. The van der Waals surface area contributed by atoms with E-state index in [1.807, 2.05) is 21.1 Å². The summed E-state index contributed by atoms with van der Waals surface area (Å²) in [6.45, 7) is 5.40. The Hall–Kier alpha value is -2.58. The van der Waals surface area contributed by atoms with Gasteiger partial charge in [0.05, 0.1) is 34.4 Å². The number of carbonyl (C=O) groups is 1. The number of unbranched alkanes of at least 4 members (excludes halogenated alkanes) is 14. The number of phosphoric ester groups is 1. The van der Waals surface area contributed by atoms with E-state index in [-0.39, 0.29) is 32.2 Å². The van der Waals surface area contributed by atoms with Gasteiger partial charge in [0.15, 0.2) is 0 Å². The summed E-state index contributed by atoms with van der Waals surface area (Å²) in [5, 5.41) is 0. The molecule has 8 nitrogen and oxygen atoms in total. The number of hydrogen-bond donors (Lipinski definition) is 1. The van der Waals surface area contributed by atoms with Gasteiger partial charge < -0.3 is 18.9 Å². The number of phosphoric acid groups is 1. The van der Waals surface area contributed by atoms with E-state index in [1.54, 1.807) is 0 Å². The largest absolute Gasteiger partial charge is 0.472 e. The van der Waals surface area contributed by atoms with Gasteiger partial charge in [0.2, 0.25) is 0 Å². The fourth-order valence-electron chi connectivity index (χ4n) is 6.11. The van der Waals surface area contributed by atoms with Crippen LogP contribution < -0.4 is 0 Å². The first-order chi connectivity index (χ1) is 30.1. The molecule has 0 aromatic rings. The molecule has 0 aliphatic rings. The Morgan fingerprint density at radius 3 is 1.40 bits per heavy atom. The zero-order chi connectivity index (χ0) is 45.5. The molecule has 0 bridgehead atoms. The highest BCUT2D eigenvalue weighted by Gasteiger charge is 2.26. The number of esters is 1. The number of rotatable bonds is 44. The summed E-state index contributed by atoms with van der Waals surface area (Å²) in [5.41, 5.74) is 0. The van der Waals surface area contributed by atoms with Crippen LogP contribution in [0.4, 0.5) is 0 Å². The number of ether oxygens (including phenoxy) is 2. The van der Waals surface area contributed by atoms with Gasteiger partial charge in [-0.05, 0) is 96.3 Å². The lowest BCUT2D eigenvalue weighted by Gasteiger charge is -2.24. The Bertz CT molecular complexity index is 1310. The molecule has 0 radical (unpaired) electrons. The third-order valence-electron chi connectivity index (χ3n) is 9.88. The summed E-state index contributed by atoms with van der Waals surface area (Å²) in [7, 11) is 1.62. The number of likely N-dealkylation sites (N-methyl/N-ethyl adjacent to an activating group) is 1. The Labute approximate surface area is 381 Å². The number of nitrogens with zero attached hydrogens (tertiary/aromatic N) is 1. The minimum atomic E-state index is -4.30. The normalized spacial score (nSPS) is 14.5. The third kappa shape index (κ3) is 48.5. The van der Waals surface area contributed by atoms with Gasteiger partial charge in [-0.1, -0.05) is 169 Å². The Morgan fingerprint density at radius 2 is 0.935 bits per heavy atom. The summed E-state index contributed by atoms with van der Waals surface area (Å²) >= 11 is 0. The molecule has 0 amide bonds. The summed E-state index contributed by atoms with van der Waals surface area (Å²) in [6, 6.07) is 0. The highest BCUT2D eigenvalue weighted by Crippen LogP contribution is 2.43. The minimum Gasteiger partial charge on any atom is -0.457 e. The molecule has 2 atom stereocenters. The molecule has 0 aromatic heterocycles. The highest BCUT2D eigenvalue weighted by atomic mass is 31.2. The van der Waals surface area contributed by atoms with Gasteiger partial charge >= 0.3 is 13.8 Å². The molecule has 0 saturated carbocycles. The van der Waals surface area contributed by atoms with Gasteiger partial charge in [0.1, 0.15) is 19.3 Å². The van der Waals surface area contributed by atoms with Gasteiger partial charge in [0, 0.05) is 13.0 Å². The van der Waals surface area contributed by atoms with Crippen molar-refractivity contribution in [3.8, 4) is 0 Å². The van der Waals surface area contributed by atoms with Crippen LogP contribution in [-0.2, 0) is 27.9 Å². The number of allylic oxidation sites excluding steroid dienone is 16. The lowest BCUT2D eigenvalue weighted by molar-refractivity contribution is -0.870. The summed E-state index contributed by atoms with van der Waals surface area (Å²) < 4.78 is 35.0. The topological polar surface area (TPSA) is 91.3 Å². The van der Waals surface area contributed by atoms with E-state index >= 15 is 0 Å².